The summed E-state index contributed by atoms with van der Waals surface area (Å²) in [4.78, 5) is 3.84. The Morgan fingerprint density at radius 2 is 2.25 bits per heavy atom. The first kappa shape index (κ1) is 15.5. The van der Waals surface area contributed by atoms with Crippen molar-refractivity contribution in [3.05, 3.63) is 17.3 Å². The number of nitrogens with two attached hydrogens (primary N) is 1. The van der Waals surface area contributed by atoms with Crippen LogP contribution in [0.2, 0.25) is 5.02 Å². The molecule has 112 valence electrons. The topological polar surface area (TPSA) is 96.5 Å². The molecule has 0 aromatic carbocycles. The molecule has 0 saturated carbocycles. The van der Waals surface area contributed by atoms with Crippen LogP contribution in [0.4, 0.5) is 5.82 Å². The summed E-state index contributed by atoms with van der Waals surface area (Å²) >= 11 is 5.85. The van der Waals surface area contributed by atoms with Crippen LogP contribution in [0.3, 0.4) is 0 Å². The molecule has 0 bridgehead atoms. The minimum absolute atomic E-state index is 0.0303. The average molecular weight is 320 g/mol. The van der Waals surface area contributed by atoms with Gasteiger partial charge in [-0.3, -0.25) is 0 Å². The highest BCUT2D eigenvalue weighted by molar-refractivity contribution is 7.89. The second-order valence-corrected chi connectivity index (χ2v) is 7.11. The number of hydrogen-bond donors (Lipinski definition) is 2. The Morgan fingerprint density at radius 1 is 1.50 bits per heavy atom. The number of halogens is 1. The molecule has 1 fully saturated rings. The van der Waals surface area contributed by atoms with Crippen molar-refractivity contribution in [2.45, 2.75) is 36.6 Å². The predicted molar refractivity (Wildman–Crippen MR) is 76.9 cm³/mol. The number of anilines is 1. The highest BCUT2D eigenvalue weighted by Crippen LogP contribution is 2.28. The van der Waals surface area contributed by atoms with Gasteiger partial charge in [0.2, 0.25) is 10.0 Å². The molecule has 6 nitrogen and oxygen atoms in total. The van der Waals surface area contributed by atoms with Gasteiger partial charge in [-0.15, -0.1) is 0 Å². The lowest BCUT2D eigenvalue weighted by molar-refractivity contribution is 0.192. The first-order chi connectivity index (χ1) is 9.46. The number of aliphatic hydroxyl groups is 1. The molecule has 8 heteroatoms. The van der Waals surface area contributed by atoms with Gasteiger partial charge >= 0.3 is 0 Å². The van der Waals surface area contributed by atoms with Crippen molar-refractivity contribution < 1.29 is 13.5 Å². The third-order valence-corrected chi connectivity index (χ3v) is 5.71. The summed E-state index contributed by atoms with van der Waals surface area (Å²) in [5, 5.41) is 9.21. The van der Waals surface area contributed by atoms with E-state index in [2.05, 4.69) is 4.98 Å². The van der Waals surface area contributed by atoms with Crippen LogP contribution < -0.4 is 5.73 Å². The Hall–Kier alpha value is -0.890. The fraction of sp³-hybridized carbons (Fsp3) is 0.583. The molecular formula is C12H18ClN3O3S. The summed E-state index contributed by atoms with van der Waals surface area (Å²) in [7, 11) is -3.65. The van der Waals surface area contributed by atoms with E-state index in [0.29, 0.717) is 13.0 Å². The molecular weight excluding hydrogens is 302 g/mol. The van der Waals surface area contributed by atoms with Crippen LogP contribution in [-0.4, -0.2) is 42.0 Å². The van der Waals surface area contributed by atoms with Gasteiger partial charge < -0.3 is 10.8 Å². The van der Waals surface area contributed by atoms with Crippen molar-refractivity contribution in [2.24, 2.45) is 0 Å². The van der Waals surface area contributed by atoms with Crippen molar-refractivity contribution in [2.75, 3.05) is 18.9 Å². The second kappa shape index (κ2) is 6.26. The zero-order chi connectivity index (χ0) is 14.8. The van der Waals surface area contributed by atoms with Gasteiger partial charge in [0, 0.05) is 25.4 Å². The molecule has 3 N–H and O–H groups in total. The fourth-order valence-electron chi connectivity index (χ4n) is 2.44. The van der Waals surface area contributed by atoms with Gasteiger partial charge in [-0.2, -0.15) is 4.31 Å². The van der Waals surface area contributed by atoms with Gasteiger partial charge in [0.25, 0.3) is 0 Å². The zero-order valence-corrected chi connectivity index (χ0v) is 12.6. The number of rotatable bonds is 4. The molecule has 1 unspecified atom stereocenters. The third kappa shape index (κ3) is 3.06. The van der Waals surface area contributed by atoms with E-state index >= 15 is 0 Å². The summed E-state index contributed by atoms with van der Waals surface area (Å²) in [6.45, 7) is 0.423. The van der Waals surface area contributed by atoms with Crippen LogP contribution in [0, 0.1) is 0 Å². The first-order valence-corrected chi connectivity index (χ1v) is 8.32. The zero-order valence-electron chi connectivity index (χ0n) is 11.0. The number of nitrogen functional groups attached to an aromatic ring is 1. The predicted octanol–water partition coefficient (Wildman–Crippen LogP) is 1.24. The summed E-state index contributed by atoms with van der Waals surface area (Å²) in [6.07, 6.45) is 4.21. The van der Waals surface area contributed by atoms with Crippen molar-refractivity contribution in [3.8, 4) is 0 Å². The molecule has 1 atom stereocenters. The van der Waals surface area contributed by atoms with Crippen molar-refractivity contribution in [3.63, 3.8) is 0 Å². The molecule has 1 saturated heterocycles. The van der Waals surface area contributed by atoms with Gasteiger partial charge in [-0.1, -0.05) is 18.0 Å². The van der Waals surface area contributed by atoms with E-state index in [1.165, 1.54) is 16.6 Å². The lowest BCUT2D eigenvalue weighted by Crippen LogP contribution is -2.44. The highest BCUT2D eigenvalue weighted by atomic mass is 35.5. The van der Waals surface area contributed by atoms with Crippen molar-refractivity contribution in [1.29, 1.82) is 0 Å². The maximum absolute atomic E-state index is 12.6. The average Bonchev–Trinajstić information content (AvgIpc) is 2.42. The van der Waals surface area contributed by atoms with E-state index in [-0.39, 0.29) is 28.4 Å². The summed E-state index contributed by atoms with van der Waals surface area (Å²) in [5.74, 6) is 0.108. The Kier molecular flexibility index (Phi) is 4.85. The van der Waals surface area contributed by atoms with Gasteiger partial charge in [0.05, 0.1) is 5.02 Å². The lowest BCUT2D eigenvalue weighted by atomic mass is 10.0. The van der Waals surface area contributed by atoms with E-state index < -0.39 is 10.0 Å². The van der Waals surface area contributed by atoms with E-state index in [9.17, 15) is 8.42 Å². The minimum atomic E-state index is -3.65. The number of sulfonamides is 1. The molecule has 2 heterocycles. The largest absolute Gasteiger partial charge is 0.396 e. The van der Waals surface area contributed by atoms with Crippen molar-refractivity contribution in [1.82, 2.24) is 9.29 Å². The standard InChI is InChI=1S/C12H18ClN3O3S/c13-11-7-10(8-15-12(11)14)20(18,19)16-5-2-1-3-9(16)4-6-17/h7-9,17H,1-6H2,(H2,14,15). The summed E-state index contributed by atoms with van der Waals surface area (Å²) in [5.41, 5.74) is 5.50. The Morgan fingerprint density at radius 3 is 2.90 bits per heavy atom. The Labute approximate surface area is 123 Å². The molecule has 2 rings (SSSR count). The SMILES string of the molecule is Nc1ncc(S(=O)(=O)N2CCCCC2CCO)cc1Cl. The van der Waals surface area contributed by atoms with Gasteiger partial charge in [0.15, 0.2) is 0 Å². The number of aromatic nitrogens is 1. The normalized spacial score (nSPS) is 21.0. The number of hydrogen-bond acceptors (Lipinski definition) is 5. The molecule has 0 spiro atoms. The minimum Gasteiger partial charge on any atom is -0.396 e. The summed E-state index contributed by atoms with van der Waals surface area (Å²) in [6, 6.07) is 1.15. The van der Waals surface area contributed by atoms with Gasteiger partial charge in [0.1, 0.15) is 10.7 Å². The smallest absolute Gasteiger partial charge is 0.244 e. The quantitative estimate of drug-likeness (QED) is 0.870. The fourth-order valence-corrected chi connectivity index (χ4v) is 4.36. The van der Waals surface area contributed by atoms with Gasteiger partial charge in [-0.05, 0) is 25.3 Å². The van der Waals surface area contributed by atoms with Crippen LogP contribution in [0.15, 0.2) is 17.2 Å². The van der Waals surface area contributed by atoms with E-state index in [0.717, 1.165) is 19.3 Å². The van der Waals surface area contributed by atoms with Crippen LogP contribution in [0.1, 0.15) is 25.7 Å². The van der Waals surface area contributed by atoms with Crippen LogP contribution >= 0.6 is 11.6 Å². The van der Waals surface area contributed by atoms with Crippen LogP contribution in [0.25, 0.3) is 0 Å². The molecule has 0 amide bonds. The third-order valence-electron chi connectivity index (χ3n) is 3.49. The molecule has 1 aromatic heterocycles. The molecule has 1 aliphatic rings. The maximum Gasteiger partial charge on any atom is 0.244 e. The van der Waals surface area contributed by atoms with Crippen LogP contribution in [-0.2, 0) is 10.0 Å². The number of aliphatic hydroxyl groups excluding tert-OH is 1. The van der Waals surface area contributed by atoms with Gasteiger partial charge in [-0.25, -0.2) is 13.4 Å². The van der Waals surface area contributed by atoms with E-state index in [4.69, 9.17) is 22.4 Å². The Balaban J connectivity index is 2.34. The lowest BCUT2D eigenvalue weighted by Gasteiger charge is -2.34. The first-order valence-electron chi connectivity index (χ1n) is 6.50. The number of piperidine rings is 1. The molecule has 1 aliphatic heterocycles. The molecule has 1 aromatic rings. The molecule has 20 heavy (non-hydrogen) atoms. The van der Waals surface area contributed by atoms with Crippen LogP contribution in [0.5, 0.6) is 0 Å². The van der Waals surface area contributed by atoms with Crippen molar-refractivity contribution >= 4 is 27.4 Å². The number of nitrogens with zero attached hydrogens (tertiary/aromatic N) is 2. The summed E-state index contributed by atoms with van der Waals surface area (Å²) < 4.78 is 26.7. The molecule has 0 radical (unpaired) electrons. The maximum atomic E-state index is 12.6. The van der Waals surface area contributed by atoms with E-state index in [1.807, 2.05) is 0 Å². The Bertz CT molecular complexity index is 577. The monoisotopic (exact) mass is 319 g/mol. The second-order valence-electron chi connectivity index (χ2n) is 4.82. The molecule has 0 aliphatic carbocycles. The van der Waals surface area contributed by atoms with E-state index in [1.54, 1.807) is 0 Å². The number of pyridine rings is 1. The highest BCUT2D eigenvalue weighted by Gasteiger charge is 2.33.